The summed E-state index contributed by atoms with van der Waals surface area (Å²) in [6.07, 6.45) is -8.97. The molecule has 15 heteroatoms. The summed E-state index contributed by atoms with van der Waals surface area (Å²) in [4.78, 5) is 23.5. The first-order valence-electron chi connectivity index (χ1n) is 14.1. The fourth-order valence-electron chi connectivity index (χ4n) is 5.67. The van der Waals surface area contributed by atoms with Crippen molar-refractivity contribution in [1.29, 1.82) is 5.26 Å². The lowest BCUT2D eigenvalue weighted by atomic mass is 9.92. The SMILES string of the molecule is CC[C@@H]1C[C@H](Nc2ncc(N3CCOCC3)cc2Cc2cc(C#N)cc(C(F)(F)F)c2)c2nc(C(F)(F)F)ccc2N1C(=O)O. The van der Waals surface area contributed by atoms with Crippen molar-refractivity contribution in [1.82, 2.24) is 9.97 Å². The van der Waals surface area contributed by atoms with Gasteiger partial charge in [0.25, 0.3) is 0 Å². The number of nitriles is 1. The summed E-state index contributed by atoms with van der Waals surface area (Å²) >= 11 is 0. The number of benzene rings is 1. The van der Waals surface area contributed by atoms with E-state index in [0.717, 1.165) is 29.2 Å². The van der Waals surface area contributed by atoms with E-state index >= 15 is 0 Å². The van der Waals surface area contributed by atoms with Crippen molar-refractivity contribution in [2.45, 2.75) is 50.6 Å². The molecule has 2 aliphatic heterocycles. The van der Waals surface area contributed by atoms with Crippen LogP contribution in [0.4, 0.5) is 48.3 Å². The molecule has 2 aromatic heterocycles. The fraction of sp³-hybridized carbons (Fsp3) is 0.400. The molecule has 0 spiro atoms. The monoisotopic (exact) mass is 634 g/mol. The molecule has 4 heterocycles. The predicted octanol–water partition coefficient (Wildman–Crippen LogP) is 6.63. The number of hydrogen-bond acceptors (Lipinski definition) is 7. The van der Waals surface area contributed by atoms with Gasteiger partial charge in [0.1, 0.15) is 11.5 Å². The summed E-state index contributed by atoms with van der Waals surface area (Å²) in [6.45, 7) is 3.75. The lowest BCUT2D eigenvalue weighted by Gasteiger charge is -2.39. The highest BCUT2D eigenvalue weighted by atomic mass is 19.4. The number of aromatic nitrogens is 2. The van der Waals surface area contributed by atoms with Gasteiger partial charge < -0.3 is 20.1 Å². The number of nitrogens with one attached hydrogen (secondary N) is 1. The molecule has 9 nitrogen and oxygen atoms in total. The Morgan fingerprint density at radius 2 is 1.84 bits per heavy atom. The van der Waals surface area contributed by atoms with Crippen molar-refractivity contribution in [3.63, 3.8) is 0 Å². The zero-order valence-corrected chi connectivity index (χ0v) is 23.9. The van der Waals surface area contributed by atoms with Crippen molar-refractivity contribution in [2.24, 2.45) is 0 Å². The predicted molar refractivity (Wildman–Crippen MR) is 151 cm³/mol. The van der Waals surface area contributed by atoms with Crippen molar-refractivity contribution < 1.29 is 41.0 Å². The van der Waals surface area contributed by atoms with Crippen LogP contribution >= 0.6 is 0 Å². The van der Waals surface area contributed by atoms with Gasteiger partial charge in [0, 0.05) is 31.1 Å². The lowest BCUT2D eigenvalue weighted by molar-refractivity contribution is -0.141. The number of morpholine rings is 1. The third-order valence-electron chi connectivity index (χ3n) is 7.82. The van der Waals surface area contributed by atoms with E-state index in [-0.39, 0.29) is 41.2 Å². The van der Waals surface area contributed by atoms with E-state index in [1.807, 2.05) is 4.90 Å². The maximum absolute atomic E-state index is 13.7. The summed E-state index contributed by atoms with van der Waals surface area (Å²) in [5, 5.41) is 22.4. The van der Waals surface area contributed by atoms with Crippen molar-refractivity contribution in [3.05, 3.63) is 76.2 Å². The van der Waals surface area contributed by atoms with Crippen LogP contribution in [-0.2, 0) is 23.5 Å². The van der Waals surface area contributed by atoms with Gasteiger partial charge in [0.15, 0.2) is 0 Å². The molecule has 0 aliphatic carbocycles. The van der Waals surface area contributed by atoms with Gasteiger partial charge in [-0.05, 0) is 54.8 Å². The van der Waals surface area contributed by atoms with Gasteiger partial charge in [0.05, 0.1) is 59.7 Å². The Morgan fingerprint density at radius 3 is 2.47 bits per heavy atom. The maximum Gasteiger partial charge on any atom is 0.433 e. The van der Waals surface area contributed by atoms with Crippen LogP contribution in [0.2, 0.25) is 0 Å². The number of carboxylic acid groups (broad SMARTS) is 1. The summed E-state index contributed by atoms with van der Waals surface area (Å²) in [5.74, 6) is 0.178. The van der Waals surface area contributed by atoms with Gasteiger partial charge in [0.2, 0.25) is 0 Å². The topological polar surface area (TPSA) is 115 Å². The van der Waals surface area contributed by atoms with Gasteiger partial charge in [-0.3, -0.25) is 4.90 Å². The Bertz CT molecular complexity index is 1620. The molecule has 0 bridgehead atoms. The van der Waals surface area contributed by atoms with Gasteiger partial charge in [-0.2, -0.15) is 31.6 Å². The molecule has 1 saturated heterocycles. The number of alkyl halides is 6. The minimum atomic E-state index is -4.79. The molecule has 1 aromatic carbocycles. The van der Waals surface area contributed by atoms with Crippen molar-refractivity contribution in [2.75, 3.05) is 41.4 Å². The molecule has 5 rings (SSSR count). The number of carbonyl (C=O) groups is 1. The van der Waals surface area contributed by atoms with Crippen LogP contribution in [0.1, 0.15) is 59.4 Å². The number of amides is 1. The van der Waals surface area contributed by atoms with E-state index in [4.69, 9.17) is 4.74 Å². The average Bonchev–Trinajstić information content (AvgIpc) is 3.00. The number of hydrogen-bond donors (Lipinski definition) is 2. The van der Waals surface area contributed by atoms with Gasteiger partial charge >= 0.3 is 18.4 Å². The smallest absolute Gasteiger partial charge is 0.433 e. The molecule has 2 atom stereocenters. The zero-order valence-electron chi connectivity index (χ0n) is 23.9. The Balaban J connectivity index is 1.60. The second-order valence-corrected chi connectivity index (χ2v) is 10.8. The van der Waals surface area contributed by atoms with Crippen LogP contribution in [0.25, 0.3) is 0 Å². The molecule has 0 radical (unpaired) electrons. The molecule has 0 saturated carbocycles. The zero-order chi connectivity index (χ0) is 32.5. The quantitative estimate of drug-likeness (QED) is 0.291. The number of halogens is 6. The second-order valence-electron chi connectivity index (χ2n) is 10.8. The van der Waals surface area contributed by atoms with Crippen LogP contribution in [-0.4, -0.2) is 53.5 Å². The third-order valence-corrected chi connectivity index (χ3v) is 7.82. The first-order valence-corrected chi connectivity index (χ1v) is 14.1. The molecular formula is C30H28F6N6O3. The van der Waals surface area contributed by atoms with E-state index in [1.54, 1.807) is 25.3 Å². The number of anilines is 3. The number of ether oxygens (including phenoxy) is 1. The first kappa shape index (κ1) is 31.8. The largest absolute Gasteiger partial charge is 0.465 e. The summed E-state index contributed by atoms with van der Waals surface area (Å²) in [5.41, 5.74) is -1.26. The van der Waals surface area contributed by atoms with E-state index < -0.39 is 41.8 Å². The van der Waals surface area contributed by atoms with Gasteiger partial charge in [-0.15, -0.1) is 0 Å². The van der Waals surface area contributed by atoms with Crippen LogP contribution in [0.15, 0.2) is 42.6 Å². The third kappa shape index (κ3) is 6.90. The highest BCUT2D eigenvalue weighted by molar-refractivity contribution is 5.88. The average molecular weight is 635 g/mol. The van der Waals surface area contributed by atoms with Crippen molar-refractivity contribution >= 4 is 23.3 Å². The van der Waals surface area contributed by atoms with Crippen LogP contribution in [0.3, 0.4) is 0 Å². The minimum Gasteiger partial charge on any atom is -0.465 e. The standard InChI is InChI=1S/C30H28F6N6O3/c1-2-21-14-23(26-24(42(21)28(43)44)3-4-25(40-26)30(34,35)36)39-27-19(13-22(16-38-27)41-5-7-45-8-6-41)10-17-9-18(15-37)12-20(11-17)29(31,32)33/h3-4,9,11-13,16,21,23H,2,5-8,10,14H2,1H3,(H,38,39)(H,43,44)/t21-,23+/m1/s1. The Kier molecular flexibility index (Phi) is 8.79. The number of rotatable bonds is 6. The highest BCUT2D eigenvalue weighted by Gasteiger charge is 2.40. The number of nitrogens with zero attached hydrogens (tertiary/aromatic N) is 5. The van der Waals surface area contributed by atoms with E-state index in [9.17, 15) is 41.5 Å². The molecular weight excluding hydrogens is 606 g/mol. The molecule has 2 N–H and O–H groups in total. The molecule has 1 fully saturated rings. The Morgan fingerprint density at radius 1 is 1.11 bits per heavy atom. The fourth-order valence-corrected chi connectivity index (χ4v) is 5.67. The molecule has 2 aliphatic rings. The summed E-state index contributed by atoms with van der Waals surface area (Å²) in [6, 6.07) is 6.81. The summed E-state index contributed by atoms with van der Waals surface area (Å²) in [7, 11) is 0. The lowest BCUT2D eigenvalue weighted by Crippen LogP contribution is -2.45. The summed E-state index contributed by atoms with van der Waals surface area (Å²) < 4.78 is 87.4. The molecule has 0 unspecified atom stereocenters. The second kappa shape index (κ2) is 12.4. The van der Waals surface area contributed by atoms with Crippen LogP contribution < -0.4 is 15.1 Å². The number of fused-ring (bicyclic) bond motifs is 1. The van der Waals surface area contributed by atoms with E-state index in [0.29, 0.717) is 44.0 Å². The molecule has 238 valence electrons. The van der Waals surface area contributed by atoms with E-state index in [2.05, 4.69) is 15.3 Å². The molecule has 45 heavy (non-hydrogen) atoms. The normalized spacial score (nSPS) is 18.7. The molecule has 1 amide bonds. The van der Waals surface area contributed by atoms with Gasteiger partial charge in [-0.25, -0.2) is 14.8 Å². The van der Waals surface area contributed by atoms with Crippen LogP contribution in [0.5, 0.6) is 0 Å². The van der Waals surface area contributed by atoms with Crippen LogP contribution in [0, 0.1) is 11.3 Å². The maximum atomic E-state index is 13.7. The van der Waals surface area contributed by atoms with Crippen molar-refractivity contribution in [3.8, 4) is 6.07 Å². The number of pyridine rings is 2. The first-order chi connectivity index (χ1) is 21.3. The Hall–Kier alpha value is -4.58. The molecule has 3 aromatic rings. The minimum absolute atomic E-state index is 0.00544. The Labute approximate surface area is 254 Å². The highest BCUT2D eigenvalue weighted by Crippen LogP contribution is 2.42. The van der Waals surface area contributed by atoms with Gasteiger partial charge in [-0.1, -0.05) is 6.92 Å². The van der Waals surface area contributed by atoms with E-state index in [1.165, 1.54) is 6.07 Å².